The van der Waals surface area contributed by atoms with Crippen molar-refractivity contribution in [2.45, 2.75) is 45.4 Å². The predicted octanol–water partition coefficient (Wildman–Crippen LogP) is 3.86. The van der Waals surface area contributed by atoms with Crippen LogP contribution in [0.15, 0.2) is 24.3 Å². The van der Waals surface area contributed by atoms with Crippen LogP contribution in [-0.4, -0.2) is 9.97 Å². The zero-order chi connectivity index (χ0) is 14.1. The van der Waals surface area contributed by atoms with E-state index in [0.717, 1.165) is 35.0 Å². The average Bonchev–Trinajstić information content (AvgIpc) is 2.40. The first kappa shape index (κ1) is 13.1. The monoisotopic (exact) mass is 267 g/mol. The molecule has 1 heterocycles. The number of anilines is 1. The molecule has 104 valence electrons. The molecule has 0 unspecified atom stereocenters. The van der Waals surface area contributed by atoms with E-state index in [0.29, 0.717) is 5.82 Å². The number of benzene rings is 1. The zero-order valence-corrected chi connectivity index (χ0v) is 12.2. The van der Waals surface area contributed by atoms with E-state index in [1.165, 1.54) is 24.8 Å². The fourth-order valence-electron chi connectivity index (χ4n) is 2.70. The molecule has 1 aromatic carbocycles. The summed E-state index contributed by atoms with van der Waals surface area (Å²) in [6, 6.07) is 8.76. The third-order valence-corrected chi connectivity index (χ3v) is 4.28. The maximum atomic E-state index is 6.02. The molecule has 1 fully saturated rings. The van der Waals surface area contributed by atoms with E-state index in [1.807, 2.05) is 6.92 Å². The second kappa shape index (κ2) is 5.23. The summed E-state index contributed by atoms with van der Waals surface area (Å²) in [5, 5.41) is 0. The van der Waals surface area contributed by atoms with E-state index in [4.69, 9.17) is 5.73 Å². The van der Waals surface area contributed by atoms with Crippen LogP contribution in [0.2, 0.25) is 0 Å². The maximum Gasteiger partial charge on any atom is 0.131 e. The van der Waals surface area contributed by atoms with Gasteiger partial charge >= 0.3 is 0 Å². The number of nitrogen functional groups attached to an aromatic ring is 1. The number of hydrogen-bond donors (Lipinski definition) is 1. The number of aromatic nitrogens is 2. The van der Waals surface area contributed by atoms with Gasteiger partial charge in [-0.05, 0) is 37.3 Å². The Hall–Kier alpha value is -1.90. The molecule has 1 saturated carbocycles. The second-order valence-electron chi connectivity index (χ2n) is 5.61. The normalized spacial score (nSPS) is 15.1. The summed E-state index contributed by atoms with van der Waals surface area (Å²) in [7, 11) is 0. The van der Waals surface area contributed by atoms with Gasteiger partial charge in [0.15, 0.2) is 0 Å². The molecule has 0 bridgehead atoms. The van der Waals surface area contributed by atoms with E-state index in [1.54, 1.807) is 0 Å². The Balaban J connectivity index is 2.05. The van der Waals surface area contributed by atoms with E-state index in [-0.39, 0.29) is 0 Å². The lowest BCUT2D eigenvalue weighted by atomic mass is 9.79. The van der Waals surface area contributed by atoms with Gasteiger partial charge in [0.25, 0.3) is 0 Å². The van der Waals surface area contributed by atoms with Gasteiger partial charge in [0.05, 0.1) is 5.69 Å². The van der Waals surface area contributed by atoms with Gasteiger partial charge in [0, 0.05) is 17.5 Å². The Bertz CT molecular complexity index is 630. The van der Waals surface area contributed by atoms with Crippen molar-refractivity contribution < 1.29 is 0 Å². The van der Waals surface area contributed by atoms with Crippen molar-refractivity contribution in [2.75, 3.05) is 5.73 Å². The van der Waals surface area contributed by atoms with Crippen molar-refractivity contribution in [3.05, 3.63) is 41.2 Å². The summed E-state index contributed by atoms with van der Waals surface area (Å²) >= 11 is 0. The number of hydrogen-bond acceptors (Lipinski definition) is 3. The van der Waals surface area contributed by atoms with Gasteiger partial charge in [0.2, 0.25) is 0 Å². The summed E-state index contributed by atoms with van der Waals surface area (Å²) in [6.07, 6.45) is 4.79. The summed E-state index contributed by atoms with van der Waals surface area (Å²) in [6.45, 7) is 4.05. The highest BCUT2D eigenvalue weighted by atomic mass is 15.0. The Kier molecular flexibility index (Phi) is 3.43. The topological polar surface area (TPSA) is 51.8 Å². The lowest BCUT2D eigenvalue weighted by Crippen LogP contribution is -2.09. The molecule has 2 N–H and O–H groups in total. The van der Waals surface area contributed by atoms with Crippen LogP contribution >= 0.6 is 0 Å². The molecule has 0 amide bonds. The number of aryl methyl sites for hydroxylation is 1. The number of nitrogens with two attached hydrogens (primary N) is 1. The van der Waals surface area contributed by atoms with Gasteiger partial charge in [-0.2, -0.15) is 0 Å². The Morgan fingerprint density at radius 1 is 1.25 bits per heavy atom. The molecule has 3 rings (SSSR count). The Labute approximate surface area is 120 Å². The van der Waals surface area contributed by atoms with E-state index >= 15 is 0 Å². The van der Waals surface area contributed by atoms with Crippen LogP contribution in [0, 0.1) is 6.92 Å². The van der Waals surface area contributed by atoms with Crippen molar-refractivity contribution in [1.29, 1.82) is 0 Å². The van der Waals surface area contributed by atoms with Gasteiger partial charge in [-0.25, -0.2) is 9.97 Å². The SMILES string of the molecule is CCc1nc(N)c(C)c(-c2cccc(C3CCC3)c2)n1. The van der Waals surface area contributed by atoms with Crippen molar-refractivity contribution in [2.24, 2.45) is 0 Å². The standard InChI is InChI=1S/C17H21N3/c1-3-15-19-16(11(2)17(18)20-15)14-9-5-8-13(10-14)12-6-4-7-12/h5,8-10,12H,3-4,6-7H2,1-2H3,(H2,18,19,20). The summed E-state index contributed by atoms with van der Waals surface area (Å²) < 4.78 is 0. The third kappa shape index (κ3) is 2.28. The van der Waals surface area contributed by atoms with Crippen molar-refractivity contribution in [3.63, 3.8) is 0 Å². The zero-order valence-electron chi connectivity index (χ0n) is 12.2. The van der Waals surface area contributed by atoms with Crippen LogP contribution in [0.25, 0.3) is 11.3 Å². The highest BCUT2D eigenvalue weighted by molar-refractivity contribution is 5.68. The number of nitrogens with zero attached hydrogens (tertiary/aromatic N) is 2. The summed E-state index contributed by atoms with van der Waals surface area (Å²) in [5.74, 6) is 2.15. The van der Waals surface area contributed by atoms with Gasteiger partial charge in [-0.1, -0.05) is 31.5 Å². The van der Waals surface area contributed by atoms with Gasteiger partial charge < -0.3 is 5.73 Å². The largest absolute Gasteiger partial charge is 0.383 e. The minimum absolute atomic E-state index is 0.598. The van der Waals surface area contributed by atoms with Crippen LogP contribution in [0.3, 0.4) is 0 Å². The number of rotatable bonds is 3. The molecule has 0 spiro atoms. The van der Waals surface area contributed by atoms with Crippen LogP contribution in [0.5, 0.6) is 0 Å². The molecular weight excluding hydrogens is 246 g/mol. The fraction of sp³-hybridized carbons (Fsp3) is 0.412. The van der Waals surface area contributed by atoms with Crippen LogP contribution in [-0.2, 0) is 6.42 Å². The Morgan fingerprint density at radius 3 is 2.70 bits per heavy atom. The van der Waals surface area contributed by atoms with Crippen LogP contribution < -0.4 is 5.73 Å². The average molecular weight is 267 g/mol. The van der Waals surface area contributed by atoms with Gasteiger partial charge in [-0.3, -0.25) is 0 Å². The van der Waals surface area contributed by atoms with E-state index in [2.05, 4.69) is 41.2 Å². The molecule has 3 heteroatoms. The third-order valence-electron chi connectivity index (χ3n) is 4.28. The van der Waals surface area contributed by atoms with E-state index in [9.17, 15) is 0 Å². The van der Waals surface area contributed by atoms with E-state index < -0.39 is 0 Å². The molecule has 1 aromatic heterocycles. The highest BCUT2D eigenvalue weighted by Gasteiger charge is 2.20. The highest BCUT2D eigenvalue weighted by Crippen LogP contribution is 2.37. The quantitative estimate of drug-likeness (QED) is 0.918. The second-order valence-corrected chi connectivity index (χ2v) is 5.61. The van der Waals surface area contributed by atoms with Crippen molar-refractivity contribution in [1.82, 2.24) is 9.97 Å². The molecule has 1 aliphatic carbocycles. The molecule has 20 heavy (non-hydrogen) atoms. The van der Waals surface area contributed by atoms with Crippen LogP contribution in [0.1, 0.15) is 49.1 Å². The minimum Gasteiger partial charge on any atom is -0.383 e. The van der Waals surface area contributed by atoms with Gasteiger partial charge in [-0.15, -0.1) is 0 Å². The maximum absolute atomic E-state index is 6.02. The molecule has 1 aliphatic rings. The first-order valence-corrected chi connectivity index (χ1v) is 7.42. The van der Waals surface area contributed by atoms with Crippen molar-refractivity contribution in [3.8, 4) is 11.3 Å². The molecule has 0 atom stereocenters. The molecule has 0 radical (unpaired) electrons. The lowest BCUT2D eigenvalue weighted by Gasteiger charge is -2.26. The Morgan fingerprint density at radius 2 is 2.05 bits per heavy atom. The minimum atomic E-state index is 0.598. The fourth-order valence-corrected chi connectivity index (χ4v) is 2.70. The molecular formula is C17H21N3. The predicted molar refractivity (Wildman–Crippen MR) is 82.6 cm³/mol. The molecule has 2 aromatic rings. The van der Waals surface area contributed by atoms with Crippen molar-refractivity contribution >= 4 is 5.82 Å². The first-order valence-electron chi connectivity index (χ1n) is 7.42. The molecule has 0 aliphatic heterocycles. The van der Waals surface area contributed by atoms with Crippen LogP contribution in [0.4, 0.5) is 5.82 Å². The summed E-state index contributed by atoms with van der Waals surface area (Å²) in [5.41, 5.74) is 10.6. The summed E-state index contributed by atoms with van der Waals surface area (Å²) in [4.78, 5) is 9.00. The molecule has 0 saturated heterocycles. The van der Waals surface area contributed by atoms with Gasteiger partial charge in [0.1, 0.15) is 11.6 Å². The first-order chi connectivity index (χ1) is 9.69. The smallest absolute Gasteiger partial charge is 0.131 e. The molecule has 3 nitrogen and oxygen atoms in total. The lowest BCUT2D eigenvalue weighted by molar-refractivity contribution is 0.420.